The fourth-order valence-corrected chi connectivity index (χ4v) is 4.25. The molecule has 2 unspecified atom stereocenters. The molecule has 6 heteroatoms. The monoisotopic (exact) mass is 354 g/mol. The highest BCUT2D eigenvalue weighted by atomic mass is 19.4. The third-order valence-electron chi connectivity index (χ3n) is 5.50. The molecule has 3 rings (SSSR count). The molecule has 4 atom stereocenters. The quantitative estimate of drug-likeness (QED) is 0.866. The molecule has 0 radical (unpaired) electrons. The predicted molar refractivity (Wildman–Crippen MR) is 90.2 cm³/mol. The van der Waals surface area contributed by atoms with Crippen molar-refractivity contribution in [1.29, 1.82) is 0 Å². The zero-order chi connectivity index (χ0) is 18.0. The maximum atomic E-state index is 13.3. The number of carbonyl (C=O) groups is 1. The van der Waals surface area contributed by atoms with Crippen molar-refractivity contribution < 1.29 is 18.0 Å². The number of benzene rings is 1. The van der Waals surface area contributed by atoms with Crippen molar-refractivity contribution in [2.75, 3.05) is 6.54 Å². The summed E-state index contributed by atoms with van der Waals surface area (Å²) >= 11 is 0. The Morgan fingerprint density at radius 3 is 2.68 bits per heavy atom. The number of rotatable bonds is 3. The van der Waals surface area contributed by atoms with Crippen LogP contribution in [0.3, 0.4) is 0 Å². The van der Waals surface area contributed by atoms with Crippen LogP contribution in [0.1, 0.15) is 56.1 Å². The van der Waals surface area contributed by atoms with Gasteiger partial charge in [0.15, 0.2) is 0 Å². The summed E-state index contributed by atoms with van der Waals surface area (Å²) in [5.74, 6) is -0.314. The molecule has 1 amide bonds. The normalized spacial score (nSPS) is 30.2. The lowest BCUT2D eigenvalue weighted by Gasteiger charge is -2.30. The summed E-state index contributed by atoms with van der Waals surface area (Å²) in [6, 6.07) is 5.86. The molecule has 1 aliphatic heterocycles. The van der Waals surface area contributed by atoms with Crippen LogP contribution in [0.2, 0.25) is 0 Å². The number of halogens is 3. The second-order valence-corrected chi connectivity index (χ2v) is 7.31. The van der Waals surface area contributed by atoms with Gasteiger partial charge in [-0.3, -0.25) is 4.79 Å². The second kappa shape index (κ2) is 7.36. The van der Waals surface area contributed by atoms with Crippen LogP contribution in [-0.2, 0) is 11.0 Å². The Kier molecular flexibility index (Phi) is 5.37. The standard InChI is InChI=1S/C19H25F3N2O/c1-12-11-13(9-10-23-12)18(25)24-17-8-4-6-15(17)14-5-2-3-7-16(14)19(20,21)22/h2-3,5,7,12-13,15,17,23H,4,6,8-11H2,1H3,(H,24,25)/t12-,13-,15?,17?/m0/s1. The lowest BCUT2D eigenvalue weighted by molar-refractivity contribution is -0.138. The SMILES string of the molecule is C[C@H]1C[C@@H](C(=O)NC2CCCC2c2ccccc2C(F)(F)F)CCN1. The van der Waals surface area contributed by atoms with Gasteiger partial charge in [-0.1, -0.05) is 24.6 Å². The largest absolute Gasteiger partial charge is 0.416 e. The van der Waals surface area contributed by atoms with Crippen LogP contribution < -0.4 is 10.6 Å². The van der Waals surface area contributed by atoms with E-state index in [0.29, 0.717) is 18.0 Å². The first-order chi connectivity index (χ1) is 11.9. The van der Waals surface area contributed by atoms with Crippen LogP contribution in [0, 0.1) is 5.92 Å². The number of hydrogen-bond donors (Lipinski definition) is 2. The molecule has 2 fully saturated rings. The van der Waals surface area contributed by atoms with Crippen LogP contribution in [-0.4, -0.2) is 24.5 Å². The van der Waals surface area contributed by atoms with Crippen molar-refractivity contribution in [2.45, 2.75) is 63.2 Å². The average Bonchev–Trinajstić information content (AvgIpc) is 3.02. The van der Waals surface area contributed by atoms with Gasteiger partial charge >= 0.3 is 6.18 Å². The third-order valence-corrected chi connectivity index (χ3v) is 5.50. The maximum Gasteiger partial charge on any atom is 0.416 e. The molecular formula is C19H25F3N2O. The minimum absolute atomic E-state index is 0.00487. The predicted octanol–water partition coefficient (Wildman–Crippen LogP) is 3.85. The molecule has 1 aliphatic carbocycles. The fourth-order valence-electron chi connectivity index (χ4n) is 4.25. The molecule has 2 N–H and O–H groups in total. The third kappa shape index (κ3) is 4.17. The van der Waals surface area contributed by atoms with E-state index in [9.17, 15) is 18.0 Å². The number of piperidine rings is 1. The van der Waals surface area contributed by atoms with Gasteiger partial charge in [-0.2, -0.15) is 13.2 Å². The summed E-state index contributed by atoms with van der Waals surface area (Å²) in [7, 11) is 0. The van der Waals surface area contributed by atoms with Crippen molar-refractivity contribution in [1.82, 2.24) is 10.6 Å². The molecule has 1 saturated heterocycles. The first-order valence-corrected chi connectivity index (χ1v) is 9.06. The first kappa shape index (κ1) is 18.2. The van der Waals surface area contributed by atoms with E-state index in [4.69, 9.17) is 0 Å². The average molecular weight is 354 g/mol. The Bertz CT molecular complexity index is 617. The second-order valence-electron chi connectivity index (χ2n) is 7.31. The molecule has 2 aliphatic rings. The molecule has 25 heavy (non-hydrogen) atoms. The summed E-state index contributed by atoms with van der Waals surface area (Å²) in [6.45, 7) is 2.86. The van der Waals surface area contributed by atoms with Gasteiger partial charge in [-0.25, -0.2) is 0 Å². The van der Waals surface area contributed by atoms with Crippen LogP contribution in [0.15, 0.2) is 24.3 Å². The van der Waals surface area contributed by atoms with Crippen LogP contribution in [0.25, 0.3) is 0 Å². The van der Waals surface area contributed by atoms with Crippen molar-refractivity contribution in [3.8, 4) is 0 Å². The molecular weight excluding hydrogens is 329 g/mol. The van der Waals surface area contributed by atoms with Gasteiger partial charge in [0.05, 0.1) is 5.56 Å². The van der Waals surface area contributed by atoms with E-state index in [2.05, 4.69) is 17.6 Å². The smallest absolute Gasteiger partial charge is 0.353 e. The molecule has 0 aromatic heterocycles. The Labute approximate surface area is 146 Å². The van der Waals surface area contributed by atoms with E-state index in [1.165, 1.54) is 6.07 Å². The molecule has 0 bridgehead atoms. The highest BCUT2D eigenvalue weighted by Gasteiger charge is 2.39. The summed E-state index contributed by atoms with van der Waals surface area (Å²) in [5, 5.41) is 6.38. The summed E-state index contributed by atoms with van der Waals surface area (Å²) in [4.78, 5) is 12.6. The highest BCUT2D eigenvalue weighted by molar-refractivity contribution is 5.79. The van der Waals surface area contributed by atoms with E-state index < -0.39 is 11.7 Å². The van der Waals surface area contributed by atoms with Crippen LogP contribution in [0.5, 0.6) is 0 Å². The van der Waals surface area contributed by atoms with Gasteiger partial charge in [-0.05, 0) is 50.8 Å². The van der Waals surface area contributed by atoms with Crippen LogP contribution >= 0.6 is 0 Å². The molecule has 1 aromatic rings. The molecule has 0 spiro atoms. The van der Waals surface area contributed by atoms with Gasteiger partial charge in [-0.15, -0.1) is 0 Å². The maximum absolute atomic E-state index is 13.3. The van der Waals surface area contributed by atoms with E-state index in [1.54, 1.807) is 12.1 Å². The Morgan fingerprint density at radius 2 is 1.96 bits per heavy atom. The van der Waals surface area contributed by atoms with E-state index in [0.717, 1.165) is 38.3 Å². The zero-order valence-corrected chi connectivity index (χ0v) is 14.4. The highest BCUT2D eigenvalue weighted by Crippen LogP contribution is 2.41. The number of nitrogens with one attached hydrogen (secondary N) is 2. The first-order valence-electron chi connectivity index (χ1n) is 9.06. The minimum Gasteiger partial charge on any atom is -0.353 e. The Balaban J connectivity index is 1.74. The lowest BCUT2D eigenvalue weighted by atomic mass is 9.88. The summed E-state index contributed by atoms with van der Waals surface area (Å²) in [5.41, 5.74) is -0.256. The summed E-state index contributed by atoms with van der Waals surface area (Å²) in [6.07, 6.45) is -0.540. The molecule has 3 nitrogen and oxygen atoms in total. The van der Waals surface area contributed by atoms with E-state index >= 15 is 0 Å². The fraction of sp³-hybridized carbons (Fsp3) is 0.632. The van der Waals surface area contributed by atoms with Gasteiger partial charge in [0.25, 0.3) is 0 Å². The van der Waals surface area contributed by atoms with Crippen molar-refractivity contribution >= 4 is 5.91 Å². The van der Waals surface area contributed by atoms with Gasteiger partial charge in [0, 0.05) is 23.9 Å². The number of hydrogen-bond acceptors (Lipinski definition) is 2. The van der Waals surface area contributed by atoms with Gasteiger partial charge < -0.3 is 10.6 Å². The molecule has 1 saturated carbocycles. The zero-order valence-electron chi connectivity index (χ0n) is 14.4. The van der Waals surface area contributed by atoms with Gasteiger partial charge in [0.2, 0.25) is 5.91 Å². The molecule has 1 aromatic carbocycles. The Hall–Kier alpha value is -1.56. The number of amides is 1. The number of carbonyl (C=O) groups excluding carboxylic acids is 1. The molecule has 1 heterocycles. The van der Waals surface area contributed by atoms with Crippen molar-refractivity contribution in [2.24, 2.45) is 5.92 Å². The van der Waals surface area contributed by atoms with Crippen molar-refractivity contribution in [3.05, 3.63) is 35.4 Å². The molecule has 138 valence electrons. The minimum atomic E-state index is -4.36. The van der Waals surface area contributed by atoms with E-state index in [-0.39, 0.29) is 23.8 Å². The topological polar surface area (TPSA) is 41.1 Å². The Morgan fingerprint density at radius 1 is 1.20 bits per heavy atom. The lowest BCUT2D eigenvalue weighted by Crippen LogP contribution is -2.46. The summed E-state index contributed by atoms with van der Waals surface area (Å²) < 4.78 is 40.0. The van der Waals surface area contributed by atoms with Crippen molar-refractivity contribution in [3.63, 3.8) is 0 Å². The number of alkyl halides is 3. The van der Waals surface area contributed by atoms with Gasteiger partial charge in [0.1, 0.15) is 0 Å². The van der Waals surface area contributed by atoms with Crippen LogP contribution in [0.4, 0.5) is 13.2 Å². The van der Waals surface area contributed by atoms with E-state index in [1.807, 2.05) is 0 Å².